The average molecular weight is 265 g/mol. The number of aromatic nitrogens is 1. The fourth-order valence-corrected chi connectivity index (χ4v) is 2.38. The molecule has 92 valence electrons. The summed E-state index contributed by atoms with van der Waals surface area (Å²) in [5.74, 6) is -1.23. The minimum atomic E-state index is -0.540. The number of ketones is 1. The third-order valence-corrected chi connectivity index (χ3v) is 3.30. The maximum absolute atomic E-state index is 13.5. The Labute approximate surface area is 107 Å². The summed E-state index contributed by atoms with van der Waals surface area (Å²) >= 11 is 0.936. The van der Waals surface area contributed by atoms with E-state index in [9.17, 15) is 13.6 Å². The number of hydrogen-bond donors (Lipinski definition) is 0. The maximum atomic E-state index is 13.5. The van der Waals surface area contributed by atoms with Crippen molar-refractivity contribution in [3.8, 4) is 0 Å². The Hall–Kier alpha value is -1.75. The van der Waals surface area contributed by atoms with Crippen LogP contribution in [0.15, 0.2) is 46.5 Å². The molecule has 0 fully saturated rings. The molecule has 0 atom stereocenters. The molecule has 0 radical (unpaired) electrons. The van der Waals surface area contributed by atoms with Gasteiger partial charge in [-0.1, -0.05) is 11.8 Å². The highest BCUT2D eigenvalue weighted by molar-refractivity contribution is 7.99. The van der Waals surface area contributed by atoms with Crippen LogP contribution >= 0.6 is 11.8 Å². The van der Waals surface area contributed by atoms with Gasteiger partial charge in [-0.2, -0.15) is 0 Å². The summed E-state index contributed by atoms with van der Waals surface area (Å²) in [6, 6.07) is 6.41. The Kier molecular flexibility index (Phi) is 3.72. The van der Waals surface area contributed by atoms with Crippen LogP contribution in [0, 0.1) is 11.6 Å². The van der Waals surface area contributed by atoms with Gasteiger partial charge in [0.05, 0.1) is 4.90 Å². The average Bonchev–Trinajstić information content (AvgIpc) is 2.34. The Morgan fingerprint density at radius 1 is 1.28 bits per heavy atom. The first-order valence-corrected chi connectivity index (χ1v) is 5.98. The van der Waals surface area contributed by atoms with Crippen LogP contribution in [0.5, 0.6) is 0 Å². The standard InChI is InChI=1S/C13H9F2NOS/c1-8(17)10-3-2-6-16-13(10)18-12-7-9(14)4-5-11(12)15/h2-7H,1H3. The predicted molar refractivity (Wildman–Crippen MR) is 64.7 cm³/mol. The molecule has 0 saturated carbocycles. The molecule has 0 N–H and O–H groups in total. The molecule has 1 aromatic carbocycles. The first-order chi connectivity index (χ1) is 8.58. The second-order valence-corrected chi connectivity index (χ2v) is 4.62. The van der Waals surface area contributed by atoms with Crippen LogP contribution in [0.25, 0.3) is 0 Å². The van der Waals surface area contributed by atoms with E-state index in [1.807, 2.05) is 0 Å². The molecule has 0 aliphatic carbocycles. The maximum Gasteiger partial charge on any atom is 0.162 e. The molecule has 18 heavy (non-hydrogen) atoms. The molecule has 0 spiro atoms. The zero-order chi connectivity index (χ0) is 13.1. The van der Waals surface area contributed by atoms with E-state index in [-0.39, 0.29) is 10.7 Å². The third-order valence-electron chi connectivity index (χ3n) is 2.25. The zero-order valence-corrected chi connectivity index (χ0v) is 10.3. The molecule has 0 bridgehead atoms. The van der Waals surface area contributed by atoms with E-state index in [1.54, 1.807) is 12.1 Å². The van der Waals surface area contributed by atoms with Crippen molar-refractivity contribution in [2.75, 3.05) is 0 Å². The van der Waals surface area contributed by atoms with Gasteiger partial charge in [0, 0.05) is 11.8 Å². The largest absolute Gasteiger partial charge is 0.294 e. The van der Waals surface area contributed by atoms with Gasteiger partial charge in [-0.3, -0.25) is 4.79 Å². The second kappa shape index (κ2) is 5.27. The minimum absolute atomic E-state index is 0.108. The first-order valence-electron chi connectivity index (χ1n) is 5.17. The van der Waals surface area contributed by atoms with Gasteiger partial charge in [0.15, 0.2) is 5.78 Å². The Morgan fingerprint density at radius 3 is 2.78 bits per heavy atom. The summed E-state index contributed by atoms with van der Waals surface area (Å²) in [6.45, 7) is 1.41. The minimum Gasteiger partial charge on any atom is -0.294 e. The van der Waals surface area contributed by atoms with Crippen LogP contribution in [-0.4, -0.2) is 10.8 Å². The molecule has 2 rings (SSSR count). The van der Waals surface area contributed by atoms with Crippen molar-refractivity contribution >= 4 is 17.5 Å². The third kappa shape index (κ3) is 2.73. The van der Waals surface area contributed by atoms with Crippen molar-refractivity contribution in [1.82, 2.24) is 4.98 Å². The fourth-order valence-electron chi connectivity index (χ4n) is 1.40. The number of carbonyl (C=O) groups is 1. The molecule has 2 nitrogen and oxygen atoms in total. The summed E-state index contributed by atoms with van der Waals surface area (Å²) in [6.07, 6.45) is 1.51. The van der Waals surface area contributed by atoms with Crippen molar-refractivity contribution in [3.05, 3.63) is 53.7 Å². The van der Waals surface area contributed by atoms with Gasteiger partial charge < -0.3 is 0 Å². The number of halogens is 2. The van der Waals surface area contributed by atoms with Crippen molar-refractivity contribution in [2.24, 2.45) is 0 Å². The van der Waals surface area contributed by atoms with Crippen LogP contribution < -0.4 is 0 Å². The predicted octanol–water partition coefficient (Wildman–Crippen LogP) is 3.71. The van der Waals surface area contributed by atoms with E-state index in [2.05, 4.69) is 4.98 Å². The molecule has 0 aliphatic heterocycles. The summed E-state index contributed by atoms with van der Waals surface area (Å²) in [4.78, 5) is 15.5. The molecule has 1 heterocycles. The second-order valence-electron chi connectivity index (χ2n) is 3.59. The van der Waals surface area contributed by atoms with E-state index in [0.717, 1.165) is 30.0 Å². The van der Waals surface area contributed by atoms with Crippen LogP contribution in [0.3, 0.4) is 0 Å². The van der Waals surface area contributed by atoms with E-state index < -0.39 is 11.6 Å². The van der Waals surface area contributed by atoms with E-state index in [0.29, 0.717) is 10.6 Å². The van der Waals surface area contributed by atoms with Gasteiger partial charge >= 0.3 is 0 Å². The fraction of sp³-hybridized carbons (Fsp3) is 0.0769. The lowest BCUT2D eigenvalue weighted by Gasteiger charge is -2.06. The molecule has 0 aliphatic rings. The van der Waals surface area contributed by atoms with Crippen LogP contribution in [0.1, 0.15) is 17.3 Å². The zero-order valence-electron chi connectivity index (χ0n) is 9.48. The lowest BCUT2D eigenvalue weighted by molar-refractivity contribution is 0.101. The van der Waals surface area contributed by atoms with Crippen molar-refractivity contribution in [2.45, 2.75) is 16.8 Å². The highest BCUT2D eigenvalue weighted by Gasteiger charge is 2.12. The van der Waals surface area contributed by atoms with Crippen molar-refractivity contribution < 1.29 is 13.6 Å². The molecule has 5 heteroatoms. The highest BCUT2D eigenvalue weighted by Crippen LogP contribution is 2.31. The van der Waals surface area contributed by atoms with E-state index in [4.69, 9.17) is 0 Å². The van der Waals surface area contributed by atoms with Gasteiger partial charge in [-0.05, 0) is 37.3 Å². The number of Topliss-reactive ketones (excluding diaryl/α,β-unsaturated/α-hetero) is 1. The van der Waals surface area contributed by atoms with Gasteiger partial charge in [-0.15, -0.1) is 0 Å². The summed E-state index contributed by atoms with van der Waals surface area (Å²) in [7, 11) is 0. The number of rotatable bonds is 3. The number of benzene rings is 1. The number of pyridine rings is 1. The first kappa shape index (κ1) is 12.7. The van der Waals surface area contributed by atoms with Crippen molar-refractivity contribution in [1.29, 1.82) is 0 Å². The molecule has 0 saturated heterocycles. The van der Waals surface area contributed by atoms with Gasteiger partial charge in [-0.25, -0.2) is 13.8 Å². The SMILES string of the molecule is CC(=O)c1cccnc1Sc1cc(F)ccc1F. The molecule has 1 aromatic heterocycles. The van der Waals surface area contributed by atoms with Crippen molar-refractivity contribution in [3.63, 3.8) is 0 Å². The Balaban J connectivity index is 2.40. The topological polar surface area (TPSA) is 30.0 Å². The summed E-state index contributed by atoms with van der Waals surface area (Å²) in [5, 5.41) is 0.370. The van der Waals surface area contributed by atoms with Gasteiger partial charge in [0.25, 0.3) is 0 Å². The lowest BCUT2D eigenvalue weighted by atomic mass is 10.2. The Morgan fingerprint density at radius 2 is 2.06 bits per heavy atom. The molecule has 0 amide bonds. The van der Waals surface area contributed by atoms with Gasteiger partial charge in [0.1, 0.15) is 16.7 Å². The number of nitrogens with zero attached hydrogens (tertiary/aromatic N) is 1. The smallest absolute Gasteiger partial charge is 0.162 e. The number of hydrogen-bond acceptors (Lipinski definition) is 3. The summed E-state index contributed by atoms with van der Waals surface area (Å²) in [5.41, 5.74) is 0.395. The van der Waals surface area contributed by atoms with Gasteiger partial charge in [0.2, 0.25) is 0 Å². The molecular formula is C13H9F2NOS. The van der Waals surface area contributed by atoms with E-state index in [1.165, 1.54) is 13.1 Å². The molecule has 0 unspecified atom stereocenters. The summed E-state index contributed by atoms with van der Waals surface area (Å²) < 4.78 is 26.5. The van der Waals surface area contributed by atoms with Crippen LogP contribution in [0.2, 0.25) is 0 Å². The lowest BCUT2D eigenvalue weighted by Crippen LogP contribution is -1.97. The highest BCUT2D eigenvalue weighted by atomic mass is 32.2. The monoisotopic (exact) mass is 265 g/mol. The number of carbonyl (C=O) groups excluding carboxylic acids is 1. The quantitative estimate of drug-likeness (QED) is 0.792. The van der Waals surface area contributed by atoms with Crippen LogP contribution in [-0.2, 0) is 0 Å². The Bertz CT molecular complexity index is 601. The van der Waals surface area contributed by atoms with E-state index >= 15 is 0 Å². The van der Waals surface area contributed by atoms with Crippen LogP contribution in [0.4, 0.5) is 8.78 Å². The normalized spacial score (nSPS) is 10.4. The molecule has 2 aromatic rings. The molecular weight excluding hydrogens is 256 g/mol.